The van der Waals surface area contributed by atoms with E-state index in [0.717, 1.165) is 23.5 Å². The highest BCUT2D eigenvalue weighted by Gasteiger charge is 2.32. The van der Waals surface area contributed by atoms with Gasteiger partial charge in [0.25, 0.3) is 5.91 Å². The number of hydrogen-bond donors (Lipinski definition) is 0. The van der Waals surface area contributed by atoms with Gasteiger partial charge >= 0.3 is 6.18 Å². The Balaban J connectivity index is 1.66. The molecule has 164 valence electrons. The first-order valence-corrected chi connectivity index (χ1v) is 10.5. The summed E-state index contributed by atoms with van der Waals surface area (Å²) in [5.41, 5.74) is -0.449. The fraction of sp³-hybridized carbons (Fsp3) is 0.333. The molecule has 0 N–H and O–H groups in total. The predicted molar refractivity (Wildman–Crippen MR) is 110 cm³/mol. The van der Waals surface area contributed by atoms with E-state index in [1.165, 1.54) is 35.2 Å². The molecule has 1 aromatic heterocycles. The summed E-state index contributed by atoms with van der Waals surface area (Å²) in [7, 11) is 0. The molecule has 1 aliphatic heterocycles. The largest absolute Gasteiger partial charge is 0.416 e. The van der Waals surface area contributed by atoms with Gasteiger partial charge in [-0.3, -0.25) is 14.6 Å². The van der Waals surface area contributed by atoms with Crippen molar-refractivity contribution in [1.29, 1.82) is 0 Å². The van der Waals surface area contributed by atoms with Crippen LogP contribution in [0.4, 0.5) is 22.7 Å². The lowest BCUT2D eigenvalue weighted by molar-refractivity contribution is -0.137. The lowest BCUT2D eigenvalue weighted by Crippen LogP contribution is -2.43. The van der Waals surface area contributed by atoms with Crippen molar-refractivity contribution in [2.75, 3.05) is 44.3 Å². The maximum Gasteiger partial charge on any atom is 0.416 e. The number of halogens is 4. The molecule has 2 heterocycles. The molecule has 0 spiro atoms. The fourth-order valence-corrected chi connectivity index (χ4v) is 4.35. The molecule has 1 saturated heterocycles. The molecule has 1 fully saturated rings. The molecule has 4 rings (SSSR count). The number of alkyl halides is 3. The van der Waals surface area contributed by atoms with Gasteiger partial charge in [0, 0.05) is 31.7 Å². The van der Waals surface area contributed by atoms with Gasteiger partial charge in [0.15, 0.2) is 5.13 Å². The van der Waals surface area contributed by atoms with E-state index >= 15 is 0 Å². The quantitative estimate of drug-likeness (QED) is 0.536. The highest BCUT2D eigenvalue weighted by molar-refractivity contribution is 7.22. The first-order chi connectivity index (χ1) is 14.8. The van der Waals surface area contributed by atoms with Gasteiger partial charge in [-0.2, -0.15) is 13.2 Å². The van der Waals surface area contributed by atoms with Crippen molar-refractivity contribution < 1.29 is 27.1 Å². The maximum atomic E-state index is 13.6. The lowest BCUT2D eigenvalue weighted by atomic mass is 10.1. The number of morpholine rings is 1. The second-order valence-electron chi connectivity index (χ2n) is 7.10. The van der Waals surface area contributed by atoms with Gasteiger partial charge in [0.05, 0.1) is 29.0 Å². The van der Waals surface area contributed by atoms with Crippen LogP contribution in [0.3, 0.4) is 0 Å². The van der Waals surface area contributed by atoms with Gasteiger partial charge in [-0.25, -0.2) is 9.37 Å². The van der Waals surface area contributed by atoms with Crippen molar-refractivity contribution >= 4 is 32.6 Å². The Labute approximate surface area is 179 Å². The molecule has 0 bridgehead atoms. The minimum absolute atomic E-state index is 0.0813. The molecule has 0 unspecified atom stereocenters. The summed E-state index contributed by atoms with van der Waals surface area (Å²) in [6.45, 7) is 3.33. The van der Waals surface area contributed by atoms with Crippen molar-refractivity contribution in [2.45, 2.75) is 6.18 Å². The van der Waals surface area contributed by atoms with E-state index in [1.807, 2.05) is 0 Å². The SMILES string of the molecule is O=C(c1cccc(C(F)(F)F)c1)N(CCN1CCOCC1)c1nc2ccc(F)cc2s1. The average molecular weight is 453 g/mol. The van der Waals surface area contributed by atoms with Crippen molar-refractivity contribution in [3.63, 3.8) is 0 Å². The second-order valence-corrected chi connectivity index (χ2v) is 8.11. The van der Waals surface area contributed by atoms with Crippen LogP contribution in [0.5, 0.6) is 0 Å². The molecule has 3 aromatic rings. The lowest BCUT2D eigenvalue weighted by Gasteiger charge is -2.29. The first kappa shape index (κ1) is 21.7. The Morgan fingerprint density at radius 3 is 2.68 bits per heavy atom. The summed E-state index contributed by atoms with van der Waals surface area (Å²) in [6, 6.07) is 8.45. The zero-order valence-electron chi connectivity index (χ0n) is 16.4. The third kappa shape index (κ3) is 5.03. The van der Waals surface area contributed by atoms with E-state index in [1.54, 1.807) is 0 Å². The molecule has 31 heavy (non-hydrogen) atoms. The smallest absolute Gasteiger partial charge is 0.379 e. The molecule has 0 saturated carbocycles. The number of nitrogens with zero attached hydrogens (tertiary/aromatic N) is 3. The van der Waals surface area contributed by atoms with E-state index in [0.29, 0.717) is 48.2 Å². The van der Waals surface area contributed by atoms with Gasteiger partial charge < -0.3 is 4.74 Å². The van der Waals surface area contributed by atoms with Gasteiger partial charge in [0.2, 0.25) is 0 Å². The number of rotatable bonds is 5. The number of hydrogen-bond acceptors (Lipinski definition) is 5. The standard InChI is InChI=1S/C21H19F4N3O2S/c22-16-4-5-17-18(13-16)31-20(26-17)28(7-6-27-8-10-30-11-9-27)19(29)14-2-1-3-15(12-14)21(23,24)25/h1-5,12-13H,6-11H2. The number of fused-ring (bicyclic) bond motifs is 1. The Morgan fingerprint density at radius 1 is 1.16 bits per heavy atom. The van der Waals surface area contributed by atoms with E-state index in [4.69, 9.17) is 4.74 Å². The molecule has 0 radical (unpaired) electrons. The molecule has 0 atom stereocenters. The van der Waals surface area contributed by atoms with Gasteiger partial charge in [0.1, 0.15) is 5.82 Å². The number of amides is 1. The van der Waals surface area contributed by atoms with Crippen LogP contribution in [0, 0.1) is 5.82 Å². The second kappa shape index (κ2) is 8.89. The van der Waals surface area contributed by atoms with Crippen LogP contribution in [0.25, 0.3) is 10.2 Å². The van der Waals surface area contributed by atoms with E-state index in [-0.39, 0.29) is 12.1 Å². The third-order valence-electron chi connectivity index (χ3n) is 5.00. The van der Waals surface area contributed by atoms with Crippen molar-refractivity contribution in [3.05, 3.63) is 59.4 Å². The minimum atomic E-state index is -4.55. The van der Waals surface area contributed by atoms with Crippen molar-refractivity contribution in [3.8, 4) is 0 Å². The molecule has 1 aliphatic rings. The zero-order chi connectivity index (χ0) is 22.0. The van der Waals surface area contributed by atoms with Crippen LogP contribution in [-0.2, 0) is 10.9 Å². The molecule has 0 aliphatic carbocycles. The summed E-state index contributed by atoms with van der Waals surface area (Å²) in [4.78, 5) is 21.2. The maximum absolute atomic E-state index is 13.6. The highest BCUT2D eigenvalue weighted by atomic mass is 32.1. The third-order valence-corrected chi connectivity index (χ3v) is 6.04. The van der Waals surface area contributed by atoms with Crippen LogP contribution in [-0.4, -0.2) is 55.2 Å². The monoisotopic (exact) mass is 453 g/mol. The number of carbonyl (C=O) groups excluding carboxylic acids is 1. The Bertz CT molecular complexity index is 1080. The summed E-state index contributed by atoms with van der Waals surface area (Å²) in [6.07, 6.45) is -4.55. The van der Waals surface area contributed by atoms with Gasteiger partial charge in [-0.05, 0) is 36.4 Å². The summed E-state index contributed by atoms with van der Waals surface area (Å²) >= 11 is 1.13. The predicted octanol–water partition coefficient (Wildman–Crippen LogP) is 4.43. The first-order valence-electron chi connectivity index (χ1n) is 9.66. The number of ether oxygens (including phenoxy) is 1. The van der Waals surface area contributed by atoms with E-state index < -0.39 is 23.5 Å². The number of anilines is 1. The van der Waals surface area contributed by atoms with Crippen LogP contribution < -0.4 is 4.90 Å². The van der Waals surface area contributed by atoms with Crippen molar-refractivity contribution in [2.24, 2.45) is 0 Å². The summed E-state index contributed by atoms with van der Waals surface area (Å²) in [5.74, 6) is -1.01. The minimum Gasteiger partial charge on any atom is -0.379 e. The molecule has 2 aromatic carbocycles. The number of aromatic nitrogens is 1. The Kier molecular flexibility index (Phi) is 6.22. The fourth-order valence-electron chi connectivity index (χ4n) is 3.34. The topological polar surface area (TPSA) is 45.7 Å². The summed E-state index contributed by atoms with van der Waals surface area (Å²) < 4.78 is 58.9. The number of thiazole rings is 1. The number of benzene rings is 2. The molecular formula is C21H19F4N3O2S. The zero-order valence-corrected chi connectivity index (χ0v) is 17.2. The average Bonchev–Trinajstić information content (AvgIpc) is 3.16. The molecule has 1 amide bonds. The van der Waals surface area contributed by atoms with Crippen LogP contribution in [0.15, 0.2) is 42.5 Å². The van der Waals surface area contributed by atoms with Gasteiger partial charge in [-0.15, -0.1) is 0 Å². The molecule has 5 nitrogen and oxygen atoms in total. The summed E-state index contributed by atoms with van der Waals surface area (Å²) in [5, 5.41) is 0.316. The Hall–Kier alpha value is -2.56. The van der Waals surface area contributed by atoms with Gasteiger partial charge in [-0.1, -0.05) is 17.4 Å². The van der Waals surface area contributed by atoms with E-state index in [9.17, 15) is 22.4 Å². The molecular weight excluding hydrogens is 434 g/mol. The van der Waals surface area contributed by atoms with Crippen molar-refractivity contribution in [1.82, 2.24) is 9.88 Å². The Morgan fingerprint density at radius 2 is 1.94 bits per heavy atom. The van der Waals surface area contributed by atoms with E-state index in [2.05, 4.69) is 9.88 Å². The molecule has 10 heteroatoms. The van der Waals surface area contributed by atoms with Crippen LogP contribution >= 0.6 is 11.3 Å². The van der Waals surface area contributed by atoms with Crippen LogP contribution in [0.1, 0.15) is 15.9 Å². The van der Waals surface area contributed by atoms with Crippen LogP contribution in [0.2, 0.25) is 0 Å². The normalized spacial score (nSPS) is 15.4. The highest BCUT2D eigenvalue weighted by Crippen LogP contribution is 2.32. The number of carbonyl (C=O) groups is 1.